The van der Waals surface area contributed by atoms with E-state index >= 15 is 0 Å². The molecule has 0 amide bonds. The lowest BCUT2D eigenvalue weighted by Crippen LogP contribution is -2.17. The monoisotopic (exact) mass is 286 g/mol. The molecule has 0 unspecified atom stereocenters. The molecule has 3 nitrogen and oxygen atoms in total. The molecular weight excluding hydrogens is 271 g/mol. The number of halogens is 1. The van der Waals surface area contributed by atoms with Crippen LogP contribution in [-0.2, 0) is 9.53 Å². The van der Waals surface area contributed by atoms with Crippen LogP contribution in [0, 0.1) is 12.7 Å². The fourth-order valence-electron chi connectivity index (χ4n) is 2.07. The zero-order valence-electron chi connectivity index (χ0n) is 11.9. The highest BCUT2D eigenvalue weighted by molar-refractivity contribution is 6.40. The topological polar surface area (TPSA) is 43.4 Å². The summed E-state index contributed by atoms with van der Waals surface area (Å²) in [6, 6.07) is 11.1. The number of aryl methyl sites for hydroxylation is 1. The van der Waals surface area contributed by atoms with Crippen LogP contribution in [0.25, 0.3) is 11.1 Å². The van der Waals surface area contributed by atoms with Gasteiger partial charge < -0.3 is 4.74 Å². The molecule has 0 saturated carbocycles. The number of ketones is 1. The smallest absolute Gasteiger partial charge is 0.379 e. The van der Waals surface area contributed by atoms with Gasteiger partial charge in [-0.25, -0.2) is 9.18 Å². The summed E-state index contributed by atoms with van der Waals surface area (Å²) in [5, 5.41) is 0. The van der Waals surface area contributed by atoms with Crippen LogP contribution >= 0.6 is 0 Å². The Labute approximate surface area is 122 Å². The summed E-state index contributed by atoms with van der Waals surface area (Å²) >= 11 is 0. The molecule has 0 atom stereocenters. The fraction of sp³-hybridized carbons (Fsp3) is 0.176. The quantitative estimate of drug-likeness (QED) is 0.490. The van der Waals surface area contributed by atoms with E-state index in [1.807, 2.05) is 6.92 Å². The van der Waals surface area contributed by atoms with E-state index in [2.05, 4.69) is 0 Å². The van der Waals surface area contributed by atoms with Crippen molar-refractivity contribution in [1.82, 2.24) is 0 Å². The summed E-state index contributed by atoms with van der Waals surface area (Å²) in [6.45, 7) is 3.64. The second kappa shape index (κ2) is 6.31. The molecule has 0 aliphatic carbocycles. The summed E-state index contributed by atoms with van der Waals surface area (Å²) in [6.07, 6.45) is 0. The Balaban J connectivity index is 2.31. The molecule has 0 bridgehead atoms. The van der Waals surface area contributed by atoms with Gasteiger partial charge in [-0.05, 0) is 48.7 Å². The maximum Gasteiger partial charge on any atom is 0.379 e. The zero-order chi connectivity index (χ0) is 15.4. The highest BCUT2D eigenvalue weighted by Crippen LogP contribution is 2.24. The van der Waals surface area contributed by atoms with Crippen molar-refractivity contribution < 1.29 is 18.7 Å². The average Bonchev–Trinajstić information content (AvgIpc) is 2.48. The summed E-state index contributed by atoms with van der Waals surface area (Å²) in [5.74, 6) is -1.82. The van der Waals surface area contributed by atoms with Gasteiger partial charge in [-0.3, -0.25) is 4.79 Å². The van der Waals surface area contributed by atoms with Crippen LogP contribution < -0.4 is 0 Å². The maximum atomic E-state index is 12.9. The van der Waals surface area contributed by atoms with Crippen molar-refractivity contribution in [2.45, 2.75) is 13.8 Å². The Kier molecular flexibility index (Phi) is 4.48. The van der Waals surface area contributed by atoms with Crippen molar-refractivity contribution in [3.05, 3.63) is 59.4 Å². The van der Waals surface area contributed by atoms with E-state index in [9.17, 15) is 14.0 Å². The molecule has 0 radical (unpaired) electrons. The van der Waals surface area contributed by atoms with Gasteiger partial charge in [0.15, 0.2) is 0 Å². The number of hydrogen-bond acceptors (Lipinski definition) is 3. The van der Waals surface area contributed by atoms with Gasteiger partial charge in [0.25, 0.3) is 5.78 Å². The van der Waals surface area contributed by atoms with Gasteiger partial charge in [0.05, 0.1) is 6.61 Å². The van der Waals surface area contributed by atoms with E-state index in [-0.39, 0.29) is 18.0 Å². The van der Waals surface area contributed by atoms with E-state index in [1.165, 1.54) is 12.1 Å². The first-order chi connectivity index (χ1) is 10.0. The fourth-order valence-corrected chi connectivity index (χ4v) is 2.07. The Morgan fingerprint density at radius 3 is 2.33 bits per heavy atom. The van der Waals surface area contributed by atoms with E-state index in [4.69, 9.17) is 4.74 Å². The molecule has 0 heterocycles. The molecule has 21 heavy (non-hydrogen) atoms. The van der Waals surface area contributed by atoms with Crippen LogP contribution in [0.5, 0.6) is 0 Å². The van der Waals surface area contributed by atoms with Crippen LogP contribution in [-0.4, -0.2) is 18.4 Å². The number of carbonyl (C=O) groups excluding carboxylic acids is 2. The molecule has 0 N–H and O–H groups in total. The van der Waals surface area contributed by atoms with Gasteiger partial charge in [-0.2, -0.15) is 0 Å². The molecule has 2 rings (SSSR count). The molecule has 0 aliphatic heterocycles. The largest absolute Gasteiger partial charge is 0.460 e. The number of ether oxygens (including phenoxy) is 1. The molecule has 0 spiro atoms. The van der Waals surface area contributed by atoms with Crippen molar-refractivity contribution in [1.29, 1.82) is 0 Å². The molecule has 0 aromatic heterocycles. The minimum absolute atomic E-state index is 0.164. The van der Waals surface area contributed by atoms with Crippen molar-refractivity contribution >= 4 is 11.8 Å². The highest BCUT2D eigenvalue weighted by atomic mass is 19.1. The summed E-state index contributed by atoms with van der Waals surface area (Å²) < 4.78 is 17.6. The third-order valence-electron chi connectivity index (χ3n) is 3.10. The maximum absolute atomic E-state index is 12.9. The van der Waals surface area contributed by atoms with Gasteiger partial charge in [0.2, 0.25) is 0 Å². The molecule has 0 saturated heterocycles. The van der Waals surface area contributed by atoms with Gasteiger partial charge in [-0.1, -0.05) is 24.3 Å². The number of Topliss-reactive ketones (excluding diaryl/α,β-unsaturated/α-hetero) is 1. The van der Waals surface area contributed by atoms with E-state index in [0.29, 0.717) is 0 Å². The number of carbonyl (C=O) groups is 2. The SMILES string of the molecule is CCOC(=O)C(=O)c1ccc(-c2ccc(F)cc2)c(C)c1. The molecule has 2 aromatic rings. The number of rotatable bonds is 4. The predicted molar refractivity (Wildman–Crippen MR) is 77.5 cm³/mol. The lowest BCUT2D eigenvalue weighted by atomic mass is 9.97. The minimum atomic E-state index is -0.855. The van der Waals surface area contributed by atoms with Crippen molar-refractivity contribution in [3.8, 4) is 11.1 Å². The Morgan fingerprint density at radius 2 is 1.76 bits per heavy atom. The van der Waals surface area contributed by atoms with E-state index < -0.39 is 11.8 Å². The minimum Gasteiger partial charge on any atom is -0.460 e. The van der Waals surface area contributed by atoms with Gasteiger partial charge in [0, 0.05) is 5.56 Å². The summed E-state index contributed by atoms with van der Waals surface area (Å²) in [7, 11) is 0. The summed E-state index contributed by atoms with van der Waals surface area (Å²) in [4.78, 5) is 23.3. The predicted octanol–water partition coefficient (Wildman–Crippen LogP) is 3.55. The zero-order valence-corrected chi connectivity index (χ0v) is 11.9. The highest BCUT2D eigenvalue weighted by Gasteiger charge is 2.18. The van der Waals surface area contributed by atoms with Crippen molar-refractivity contribution in [3.63, 3.8) is 0 Å². The second-order valence-corrected chi connectivity index (χ2v) is 4.59. The van der Waals surface area contributed by atoms with Crippen LogP contribution in [0.1, 0.15) is 22.8 Å². The number of benzene rings is 2. The lowest BCUT2D eigenvalue weighted by Gasteiger charge is -2.08. The molecule has 0 aliphatic rings. The molecule has 108 valence electrons. The molecule has 2 aromatic carbocycles. The lowest BCUT2D eigenvalue weighted by molar-refractivity contribution is -0.137. The van der Waals surface area contributed by atoms with E-state index in [0.717, 1.165) is 16.7 Å². The first-order valence-electron chi connectivity index (χ1n) is 6.61. The van der Waals surface area contributed by atoms with E-state index in [1.54, 1.807) is 37.3 Å². The van der Waals surface area contributed by atoms with Crippen LogP contribution in [0.4, 0.5) is 4.39 Å². The van der Waals surface area contributed by atoms with Crippen LogP contribution in [0.15, 0.2) is 42.5 Å². The number of hydrogen-bond donors (Lipinski definition) is 0. The first kappa shape index (κ1) is 14.9. The molecule has 4 heteroatoms. The normalized spacial score (nSPS) is 10.2. The van der Waals surface area contributed by atoms with Crippen molar-refractivity contribution in [2.75, 3.05) is 6.61 Å². The Morgan fingerprint density at radius 1 is 1.10 bits per heavy atom. The first-order valence-corrected chi connectivity index (χ1v) is 6.61. The standard InChI is InChI=1S/C17H15FO3/c1-3-21-17(20)16(19)13-6-9-15(11(2)10-13)12-4-7-14(18)8-5-12/h4-10H,3H2,1-2H3. The van der Waals surface area contributed by atoms with Crippen LogP contribution in [0.3, 0.4) is 0 Å². The third kappa shape index (κ3) is 3.34. The third-order valence-corrected chi connectivity index (χ3v) is 3.10. The average molecular weight is 286 g/mol. The Hall–Kier alpha value is -2.49. The van der Waals surface area contributed by atoms with Gasteiger partial charge in [-0.15, -0.1) is 0 Å². The van der Waals surface area contributed by atoms with Crippen LogP contribution in [0.2, 0.25) is 0 Å². The number of esters is 1. The van der Waals surface area contributed by atoms with Crippen molar-refractivity contribution in [2.24, 2.45) is 0 Å². The summed E-state index contributed by atoms with van der Waals surface area (Å²) in [5.41, 5.74) is 2.85. The van der Waals surface area contributed by atoms with Gasteiger partial charge in [0.1, 0.15) is 5.82 Å². The Bertz CT molecular complexity index is 675. The molecular formula is C17H15FO3. The second-order valence-electron chi connectivity index (χ2n) is 4.59. The van der Waals surface area contributed by atoms with Gasteiger partial charge >= 0.3 is 5.97 Å². The molecule has 0 fully saturated rings.